The van der Waals surface area contributed by atoms with E-state index in [1.54, 1.807) is 12.3 Å². The Balaban J connectivity index is 1.59. The van der Waals surface area contributed by atoms with E-state index in [9.17, 15) is 18.3 Å². The fourth-order valence-corrected chi connectivity index (χ4v) is 6.54. The van der Waals surface area contributed by atoms with E-state index in [4.69, 9.17) is 16.6 Å². The molecule has 0 radical (unpaired) electrons. The summed E-state index contributed by atoms with van der Waals surface area (Å²) in [7, 11) is 0. The highest BCUT2D eigenvalue weighted by Crippen LogP contribution is 2.55. The van der Waals surface area contributed by atoms with Crippen LogP contribution in [0.1, 0.15) is 54.4 Å². The molecule has 182 valence electrons. The van der Waals surface area contributed by atoms with E-state index in [0.29, 0.717) is 45.2 Å². The quantitative estimate of drug-likeness (QED) is 0.482. The number of aliphatic imine (C=N–C) groups is 1. The molecule has 0 amide bonds. The molecular weight excluding hydrogens is 499 g/mol. The smallest absolute Gasteiger partial charge is 0.333 e. The first kappa shape index (κ1) is 22.8. The van der Waals surface area contributed by atoms with Gasteiger partial charge in [-0.15, -0.1) is 11.3 Å². The number of nitrogens with zero attached hydrogens (tertiary/aromatic N) is 5. The van der Waals surface area contributed by atoms with Gasteiger partial charge in [-0.25, -0.2) is 14.1 Å². The maximum Gasteiger partial charge on any atom is 0.333 e. The van der Waals surface area contributed by atoms with Crippen LogP contribution in [0.4, 0.5) is 13.2 Å². The number of fused-ring (bicyclic) bond motifs is 1. The number of aliphatic hydroxyl groups excluding tert-OH is 1. The maximum atomic E-state index is 13.9. The van der Waals surface area contributed by atoms with Crippen molar-refractivity contribution in [2.24, 2.45) is 10.4 Å². The zero-order chi connectivity index (χ0) is 24.3. The Bertz CT molecular complexity index is 1340. The van der Waals surface area contributed by atoms with E-state index in [2.05, 4.69) is 15.0 Å². The number of rotatable bonds is 4. The molecule has 2 fully saturated rings. The lowest BCUT2D eigenvalue weighted by atomic mass is 9.81. The van der Waals surface area contributed by atoms with E-state index < -0.39 is 24.5 Å². The number of amidine groups is 1. The van der Waals surface area contributed by atoms with E-state index in [1.807, 2.05) is 5.38 Å². The summed E-state index contributed by atoms with van der Waals surface area (Å²) in [6.45, 7) is -2.24. The van der Waals surface area contributed by atoms with Gasteiger partial charge in [0.15, 0.2) is 10.8 Å². The summed E-state index contributed by atoms with van der Waals surface area (Å²) in [6, 6.07) is 3.43. The zero-order valence-corrected chi connectivity index (χ0v) is 20.0. The lowest BCUT2D eigenvalue weighted by Crippen LogP contribution is -2.37. The molecule has 2 aliphatic heterocycles. The van der Waals surface area contributed by atoms with Gasteiger partial charge in [0.2, 0.25) is 0 Å². The predicted molar refractivity (Wildman–Crippen MR) is 127 cm³/mol. The summed E-state index contributed by atoms with van der Waals surface area (Å²) in [5.41, 5.74) is 2.25. The highest BCUT2D eigenvalue weighted by molar-refractivity contribution is 7.11. The van der Waals surface area contributed by atoms with Gasteiger partial charge in [0.1, 0.15) is 11.9 Å². The molecule has 1 aromatic carbocycles. The van der Waals surface area contributed by atoms with Gasteiger partial charge >= 0.3 is 6.55 Å². The number of allylic oxidation sites excluding steroid dienone is 1. The number of aromatic nitrogens is 3. The van der Waals surface area contributed by atoms with Crippen LogP contribution in [-0.4, -0.2) is 43.3 Å². The third-order valence-electron chi connectivity index (χ3n) is 7.26. The maximum absolute atomic E-state index is 13.9. The molecule has 35 heavy (non-hydrogen) atoms. The van der Waals surface area contributed by atoms with Crippen molar-refractivity contribution < 1.29 is 18.3 Å². The van der Waals surface area contributed by atoms with Crippen LogP contribution in [0.25, 0.3) is 5.57 Å². The molecule has 3 atom stereocenters. The highest BCUT2D eigenvalue weighted by atomic mass is 35.5. The molecule has 1 saturated carbocycles. The van der Waals surface area contributed by atoms with Crippen molar-refractivity contribution >= 4 is 34.3 Å². The van der Waals surface area contributed by atoms with Gasteiger partial charge in [0.25, 0.3) is 0 Å². The van der Waals surface area contributed by atoms with Gasteiger partial charge in [-0.1, -0.05) is 24.1 Å². The van der Waals surface area contributed by atoms with Crippen LogP contribution in [0.15, 0.2) is 52.9 Å². The van der Waals surface area contributed by atoms with Gasteiger partial charge in [-0.2, -0.15) is 13.9 Å². The number of thiazole rings is 1. The Morgan fingerprint density at radius 3 is 2.80 bits per heavy atom. The second kappa shape index (κ2) is 8.46. The van der Waals surface area contributed by atoms with E-state index in [1.165, 1.54) is 35.9 Å². The van der Waals surface area contributed by atoms with Gasteiger partial charge in [-0.3, -0.25) is 4.99 Å². The average Bonchev–Trinajstić information content (AvgIpc) is 3.61. The molecule has 1 saturated heterocycles. The molecule has 1 aliphatic carbocycles. The van der Waals surface area contributed by atoms with Crippen molar-refractivity contribution in [3.05, 3.63) is 74.8 Å². The van der Waals surface area contributed by atoms with Crippen LogP contribution in [0.2, 0.25) is 5.02 Å². The van der Waals surface area contributed by atoms with Crippen LogP contribution in [0.5, 0.6) is 0 Å². The van der Waals surface area contributed by atoms with Crippen LogP contribution < -0.4 is 0 Å². The molecule has 4 heterocycles. The first-order chi connectivity index (χ1) is 16.9. The highest BCUT2D eigenvalue weighted by Gasteiger charge is 2.52. The fraction of sp³-hybridized carbons (Fsp3) is 0.375. The Hall–Kier alpha value is -2.69. The molecule has 1 N–H and O–H groups in total. The Morgan fingerprint density at radius 1 is 1.29 bits per heavy atom. The average molecular weight is 520 g/mol. The summed E-state index contributed by atoms with van der Waals surface area (Å²) in [5.74, 6) is 0.162. The number of hydrogen-bond acceptors (Lipinski definition) is 6. The predicted octanol–water partition coefficient (Wildman–Crippen LogP) is 5.68. The van der Waals surface area contributed by atoms with Crippen molar-refractivity contribution in [3.8, 4) is 0 Å². The first-order valence-electron chi connectivity index (χ1n) is 11.3. The van der Waals surface area contributed by atoms with Gasteiger partial charge in [-0.05, 0) is 37.0 Å². The Morgan fingerprint density at radius 2 is 2.14 bits per heavy atom. The summed E-state index contributed by atoms with van der Waals surface area (Å²) in [5, 5.41) is 17.6. The zero-order valence-electron chi connectivity index (χ0n) is 18.4. The van der Waals surface area contributed by atoms with Gasteiger partial charge in [0, 0.05) is 51.6 Å². The van der Waals surface area contributed by atoms with E-state index >= 15 is 0 Å². The van der Waals surface area contributed by atoms with E-state index in [-0.39, 0.29) is 10.4 Å². The first-order valence-corrected chi connectivity index (χ1v) is 12.6. The van der Waals surface area contributed by atoms with Crippen LogP contribution in [0.3, 0.4) is 0 Å². The van der Waals surface area contributed by atoms with Crippen molar-refractivity contribution in [2.45, 2.75) is 44.4 Å². The third-order valence-corrected chi connectivity index (χ3v) is 8.36. The van der Waals surface area contributed by atoms with Crippen LogP contribution in [0, 0.1) is 11.2 Å². The molecule has 2 unspecified atom stereocenters. The number of aliphatic hydroxyl groups is 1. The fourth-order valence-electron chi connectivity index (χ4n) is 5.62. The normalized spacial score (nSPS) is 26.2. The van der Waals surface area contributed by atoms with E-state index in [0.717, 1.165) is 25.0 Å². The third kappa shape index (κ3) is 3.70. The SMILES string of the molecule is OC1CCCC12CC1=C(c3cnn(C(F)F)c3)[C@H](c3ccc(F)cc3Cl)N=C(c3nccs3)N1C2. The van der Waals surface area contributed by atoms with Crippen molar-refractivity contribution in [3.63, 3.8) is 0 Å². The molecular formula is C24H21ClF3N5OS. The van der Waals surface area contributed by atoms with Crippen LogP contribution >= 0.6 is 22.9 Å². The molecule has 11 heteroatoms. The lowest BCUT2D eigenvalue weighted by molar-refractivity contribution is 0.0566. The molecule has 1 spiro atoms. The molecule has 6 nitrogen and oxygen atoms in total. The number of hydrogen-bond donors (Lipinski definition) is 1. The van der Waals surface area contributed by atoms with Gasteiger partial charge in [0.05, 0.1) is 12.3 Å². The van der Waals surface area contributed by atoms with Crippen molar-refractivity contribution in [2.75, 3.05) is 6.54 Å². The second-order valence-electron chi connectivity index (χ2n) is 9.24. The largest absolute Gasteiger partial charge is 0.392 e. The minimum Gasteiger partial charge on any atom is -0.392 e. The lowest BCUT2D eigenvalue weighted by Gasteiger charge is -2.33. The van der Waals surface area contributed by atoms with Gasteiger partial charge < -0.3 is 10.0 Å². The summed E-state index contributed by atoms with van der Waals surface area (Å²) >= 11 is 7.93. The Labute approximate surface area is 208 Å². The van der Waals surface area contributed by atoms with Crippen molar-refractivity contribution in [1.29, 1.82) is 0 Å². The van der Waals surface area contributed by atoms with Crippen molar-refractivity contribution in [1.82, 2.24) is 19.7 Å². The minimum atomic E-state index is -2.79. The molecule has 3 aliphatic rings. The number of halogens is 4. The molecule has 2 aromatic heterocycles. The summed E-state index contributed by atoms with van der Waals surface area (Å²) < 4.78 is 41.4. The molecule has 0 bridgehead atoms. The summed E-state index contributed by atoms with van der Waals surface area (Å²) in [4.78, 5) is 11.6. The number of benzene rings is 1. The van der Waals surface area contributed by atoms with Crippen LogP contribution in [-0.2, 0) is 0 Å². The standard InChI is InChI=1S/C24H21ClF3N5OS/c25-16-8-14(26)3-4-15(16)20-19(13-10-30-33(11-13)23(27)28)17-9-24(5-1-2-18(24)34)12-32(17)21(31-20)22-29-6-7-35-22/h3-4,6-8,10-11,18,20,23,34H,1-2,5,9,12H2/t18?,20-,24?/m0/s1. The summed E-state index contributed by atoms with van der Waals surface area (Å²) in [6.07, 6.45) is 6.97. The number of alkyl halides is 2. The topological polar surface area (TPSA) is 66.5 Å². The molecule has 3 aromatic rings. The second-order valence-corrected chi connectivity index (χ2v) is 10.5. The Kier molecular flexibility index (Phi) is 5.50. The molecule has 6 rings (SSSR count). The monoisotopic (exact) mass is 519 g/mol. The minimum absolute atomic E-state index is 0.193.